The maximum atomic E-state index is 13.9. The van der Waals surface area contributed by atoms with Crippen molar-refractivity contribution in [3.8, 4) is 5.75 Å². The highest BCUT2D eigenvalue weighted by molar-refractivity contribution is 7.22. The second-order valence-corrected chi connectivity index (χ2v) is 11.1. The number of carbonyl (C=O) groups is 4. The zero-order valence-corrected chi connectivity index (χ0v) is 24.6. The van der Waals surface area contributed by atoms with Crippen molar-refractivity contribution in [3.63, 3.8) is 0 Å². The quantitative estimate of drug-likeness (QED) is 0.0724. The normalized spacial score (nSPS) is 13.0. The molecule has 4 aromatic rings. The minimum atomic E-state index is -1.56. The van der Waals surface area contributed by atoms with Gasteiger partial charge < -0.3 is 19.7 Å². The molecule has 0 radical (unpaired) electrons. The van der Waals surface area contributed by atoms with Crippen molar-refractivity contribution in [2.24, 2.45) is 5.92 Å². The van der Waals surface area contributed by atoms with Crippen molar-refractivity contribution in [3.05, 3.63) is 109 Å². The van der Waals surface area contributed by atoms with Gasteiger partial charge in [0, 0.05) is 18.9 Å². The number of imide groups is 1. The summed E-state index contributed by atoms with van der Waals surface area (Å²) in [6.07, 6.45) is 3.26. The molecule has 0 bridgehead atoms. The van der Waals surface area contributed by atoms with Gasteiger partial charge >= 0.3 is 5.97 Å². The van der Waals surface area contributed by atoms with Crippen LogP contribution in [0.3, 0.4) is 0 Å². The molecule has 1 unspecified atom stereocenters. The first-order valence-corrected chi connectivity index (χ1v) is 14.3. The first-order chi connectivity index (χ1) is 22.0. The molecule has 3 heterocycles. The van der Waals surface area contributed by atoms with Crippen LogP contribution in [0.25, 0.3) is 10.1 Å². The van der Waals surface area contributed by atoms with Crippen LogP contribution >= 0.6 is 11.3 Å². The third-order valence-electron chi connectivity index (χ3n) is 7.05. The molecule has 1 N–H and O–H groups in total. The van der Waals surface area contributed by atoms with Gasteiger partial charge in [-0.25, -0.2) is 0 Å². The molecule has 2 aromatic carbocycles. The SMILES string of the molecule is Cc1ccc(C(CN2C(=O)c3ccccc3C2=O)C(=O)Nc2cc3ccncc3s2)cc1OC(=O)C(CO[N+](=O)[O-])CO[N+](=O)[O-]. The summed E-state index contributed by atoms with van der Waals surface area (Å²) in [5.41, 5.74) is 1.05. The Bertz CT molecular complexity index is 1790. The topological polar surface area (TPSA) is 210 Å². The number of esters is 1. The third-order valence-corrected chi connectivity index (χ3v) is 8.05. The Labute approximate surface area is 262 Å². The molecular formula is C29H23N5O11S. The number of rotatable bonds is 13. The molecular weight excluding hydrogens is 626 g/mol. The highest BCUT2D eigenvalue weighted by atomic mass is 32.1. The molecule has 16 nitrogen and oxygen atoms in total. The fraction of sp³-hybridized carbons (Fsp3) is 0.207. The molecule has 1 aliphatic heterocycles. The van der Waals surface area contributed by atoms with Crippen LogP contribution in [0.1, 0.15) is 37.8 Å². The maximum absolute atomic E-state index is 13.9. The number of ether oxygens (including phenoxy) is 1. The van der Waals surface area contributed by atoms with Gasteiger partial charge in [0.25, 0.3) is 22.0 Å². The highest BCUT2D eigenvalue weighted by Gasteiger charge is 2.38. The predicted octanol–water partition coefficient (Wildman–Crippen LogP) is 3.56. The highest BCUT2D eigenvalue weighted by Crippen LogP contribution is 2.33. The molecule has 0 spiro atoms. The second kappa shape index (κ2) is 13.3. The maximum Gasteiger partial charge on any atom is 0.318 e. The molecule has 236 valence electrons. The van der Waals surface area contributed by atoms with Gasteiger partial charge in [0.2, 0.25) is 5.91 Å². The van der Waals surface area contributed by atoms with Crippen molar-refractivity contribution in [1.29, 1.82) is 0 Å². The number of thiophene rings is 1. The average molecular weight is 650 g/mol. The van der Waals surface area contributed by atoms with Crippen LogP contribution in [0.2, 0.25) is 0 Å². The van der Waals surface area contributed by atoms with E-state index < -0.39 is 58.9 Å². The lowest BCUT2D eigenvalue weighted by atomic mass is 9.95. The molecule has 5 rings (SSSR count). The van der Waals surface area contributed by atoms with E-state index in [1.165, 1.54) is 35.6 Å². The van der Waals surface area contributed by atoms with Crippen molar-refractivity contribution in [1.82, 2.24) is 9.88 Å². The molecule has 0 saturated heterocycles. The standard InChI is InChI=1S/C29H23N5O11S/c1-16-6-7-17(10-23(16)45-29(38)19(14-43-33(39)40)15-44-34(41)42)22(13-32-27(36)20-4-2-3-5-21(20)28(32)37)26(35)31-25-11-18-8-9-30-12-24(18)46-25/h2-12,19,22H,13-15H2,1H3,(H,31,35). The number of benzene rings is 2. The number of aromatic nitrogens is 1. The lowest BCUT2D eigenvalue weighted by Gasteiger charge is -2.23. The van der Waals surface area contributed by atoms with Gasteiger partial charge in [-0.05, 0) is 53.8 Å². The van der Waals surface area contributed by atoms with Gasteiger partial charge in [-0.15, -0.1) is 31.6 Å². The van der Waals surface area contributed by atoms with Gasteiger partial charge in [-0.2, -0.15) is 0 Å². The fourth-order valence-corrected chi connectivity index (χ4v) is 5.64. The van der Waals surface area contributed by atoms with Crippen LogP contribution < -0.4 is 10.1 Å². The van der Waals surface area contributed by atoms with E-state index in [0.717, 1.165) is 15.0 Å². The Morgan fingerprint density at radius 2 is 1.63 bits per heavy atom. The number of anilines is 1. The molecule has 17 heteroatoms. The van der Waals surface area contributed by atoms with Gasteiger partial charge in [-0.3, -0.25) is 29.1 Å². The van der Waals surface area contributed by atoms with E-state index in [1.807, 2.05) is 0 Å². The van der Waals surface area contributed by atoms with Crippen LogP contribution in [0, 0.1) is 33.1 Å². The summed E-state index contributed by atoms with van der Waals surface area (Å²) in [6, 6.07) is 14.2. The van der Waals surface area contributed by atoms with Crippen molar-refractivity contribution >= 4 is 50.1 Å². The third kappa shape index (κ3) is 6.88. The summed E-state index contributed by atoms with van der Waals surface area (Å²) in [6.45, 7) is -0.550. The number of nitrogens with one attached hydrogen (secondary N) is 1. The first-order valence-electron chi connectivity index (χ1n) is 13.5. The lowest BCUT2D eigenvalue weighted by Crippen LogP contribution is -2.38. The number of carbonyl (C=O) groups excluding carboxylic acids is 4. The van der Waals surface area contributed by atoms with Crippen molar-refractivity contribution < 1.29 is 43.8 Å². The van der Waals surface area contributed by atoms with Crippen LogP contribution in [0.15, 0.2) is 67.0 Å². The van der Waals surface area contributed by atoms with Crippen molar-refractivity contribution in [2.45, 2.75) is 12.8 Å². The number of nitrogens with zero attached hydrogens (tertiary/aromatic N) is 4. The summed E-state index contributed by atoms with van der Waals surface area (Å²) in [7, 11) is 0. The minimum Gasteiger partial charge on any atom is -0.426 e. The molecule has 46 heavy (non-hydrogen) atoms. The molecule has 1 aliphatic rings. The Hall–Kier alpha value is -5.97. The van der Waals surface area contributed by atoms with Crippen LogP contribution in [0.4, 0.5) is 5.00 Å². The zero-order valence-electron chi connectivity index (χ0n) is 23.8. The van der Waals surface area contributed by atoms with E-state index in [4.69, 9.17) is 4.74 Å². The van der Waals surface area contributed by atoms with Crippen LogP contribution in [-0.4, -0.2) is 63.5 Å². The molecule has 1 atom stereocenters. The second-order valence-electron chi connectivity index (χ2n) is 10.0. The smallest absolute Gasteiger partial charge is 0.318 e. The van der Waals surface area contributed by atoms with E-state index in [9.17, 15) is 39.4 Å². The Morgan fingerprint density at radius 3 is 2.24 bits per heavy atom. The Balaban J connectivity index is 1.45. The van der Waals surface area contributed by atoms with E-state index in [2.05, 4.69) is 20.0 Å². The number of amides is 3. The largest absolute Gasteiger partial charge is 0.426 e. The van der Waals surface area contributed by atoms with Crippen LogP contribution in [0.5, 0.6) is 5.75 Å². The molecule has 2 aromatic heterocycles. The summed E-state index contributed by atoms with van der Waals surface area (Å²) < 4.78 is 6.25. The van der Waals surface area contributed by atoms with Gasteiger partial charge in [-0.1, -0.05) is 24.3 Å². The van der Waals surface area contributed by atoms with Crippen LogP contribution in [-0.2, 0) is 19.3 Å². The summed E-state index contributed by atoms with van der Waals surface area (Å²) in [5.74, 6) is -5.66. The monoisotopic (exact) mass is 649 g/mol. The Kier molecular flexibility index (Phi) is 9.13. The number of hydrogen-bond donors (Lipinski definition) is 1. The summed E-state index contributed by atoms with van der Waals surface area (Å²) in [5, 5.41) is 23.2. The molecule has 0 fully saturated rings. The number of fused-ring (bicyclic) bond motifs is 2. The average Bonchev–Trinajstić information content (AvgIpc) is 3.54. The van der Waals surface area contributed by atoms with Gasteiger partial charge in [0.1, 0.15) is 24.9 Å². The predicted molar refractivity (Wildman–Crippen MR) is 159 cm³/mol. The van der Waals surface area contributed by atoms with E-state index >= 15 is 0 Å². The number of hydrogen-bond acceptors (Lipinski definition) is 13. The lowest BCUT2D eigenvalue weighted by molar-refractivity contribution is -0.767. The van der Waals surface area contributed by atoms with E-state index in [0.29, 0.717) is 10.6 Å². The zero-order chi connectivity index (χ0) is 33.0. The van der Waals surface area contributed by atoms with Gasteiger partial charge in [0.15, 0.2) is 0 Å². The van der Waals surface area contributed by atoms with E-state index in [-0.39, 0.29) is 29.0 Å². The minimum absolute atomic E-state index is 0.0807. The molecule has 0 saturated carbocycles. The first kappa shape index (κ1) is 31.5. The summed E-state index contributed by atoms with van der Waals surface area (Å²) in [4.78, 5) is 88.0. The fourth-order valence-electron chi connectivity index (χ4n) is 4.70. The summed E-state index contributed by atoms with van der Waals surface area (Å²) >= 11 is 1.27. The van der Waals surface area contributed by atoms with E-state index in [1.54, 1.807) is 49.6 Å². The molecule has 3 amide bonds. The molecule has 0 aliphatic carbocycles. The number of aryl methyl sites for hydroxylation is 1. The number of pyridine rings is 1. The van der Waals surface area contributed by atoms with Crippen molar-refractivity contribution in [2.75, 3.05) is 25.1 Å². The van der Waals surface area contributed by atoms with Gasteiger partial charge in [0.05, 0.1) is 26.7 Å². The Morgan fingerprint density at radius 1 is 0.978 bits per heavy atom.